The lowest BCUT2D eigenvalue weighted by Gasteiger charge is -2.40. The highest BCUT2D eigenvalue weighted by molar-refractivity contribution is 5.99. The number of aliphatic hydroxyl groups excluding tert-OH is 1. The maximum Gasteiger partial charge on any atom is 0.471 e. The molecule has 0 aromatic heterocycles. The van der Waals surface area contributed by atoms with Crippen molar-refractivity contribution in [3.8, 4) is 5.75 Å². The summed E-state index contributed by atoms with van der Waals surface area (Å²) in [7, 11) is 0. The SMILES string of the molecule is CC(O)c1ccc2c(c1)N(C(=O)C(F)(F)F)CC(C)(C)O2. The first-order valence-corrected chi connectivity index (χ1v) is 6.41. The van der Waals surface area contributed by atoms with Gasteiger partial charge in [-0.1, -0.05) is 6.07 Å². The summed E-state index contributed by atoms with van der Waals surface area (Å²) >= 11 is 0. The predicted molar refractivity (Wildman–Crippen MR) is 70.2 cm³/mol. The van der Waals surface area contributed by atoms with Gasteiger partial charge in [0.1, 0.15) is 11.4 Å². The van der Waals surface area contributed by atoms with Crippen molar-refractivity contribution in [3.63, 3.8) is 0 Å². The Morgan fingerprint density at radius 2 is 2.05 bits per heavy atom. The number of amides is 1. The van der Waals surface area contributed by atoms with E-state index in [1.165, 1.54) is 19.1 Å². The van der Waals surface area contributed by atoms with Gasteiger partial charge in [0, 0.05) is 0 Å². The fraction of sp³-hybridized carbons (Fsp3) is 0.500. The normalized spacial score (nSPS) is 18.7. The van der Waals surface area contributed by atoms with Crippen LogP contribution in [0.15, 0.2) is 18.2 Å². The summed E-state index contributed by atoms with van der Waals surface area (Å²) < 4.78 is 43.9. The van der Waals surface area contributed by atoms with E-state index in [0.717, 1.165) is 0 Å². The van der Waals surface area contributed by atoms with E-state index in [-0.39, 0.29) is 18.0 Å². The summed E-state index contributed by atoms with van der Waals surface area (Å²) in [5, 5.41) is 9.55. The van der Waals surface area contributed by atoms with Crippen molar-refractivity contribution < 1.29 is 27.8 Å². The summed E-state index contributed by atoms with van der Waals surface area (Å²) in [6.07, 6.45) is -5.82. The molecule has 21 heavy (non-hydrogen) atoms. The van der Waals surface area contributed by atoms with Gasteiger partial charge in [-0.2, -0.15) is 13.2 Å². The zero-order valence-electron chi connectivity index (χ0n) is 11.9. The number of carbonyl (C=O) groups excluding carboxylic acids is 1. The number of benzene rings is 1. The standard InChI is InChI=1S/C14H16F3NO3/c1-8(19)9-4-5-11-10(6-9)18(7-13(2,3)21-11)12(20)14(15,16)17/h4-6,8,19H,7H2,1-3H3. The maximum atomic E-state index is 12.8. The number of hydrogen-bond acceptors (Lipinski definition) is 3. The Hall–Kier alpha value is -1.76. The van der Waals surface area contributed by atoms with E-state index in [1.54, 1.807) is 19.9 Å². The van der Waals surface area contributed by atoms with E-state index in [2.05, 4.69) is 0 Å². The molecule has 0 aliphatic carbocycles. The number of rotatable bonds is 1. The highest BCUT2D eigenvalue weighted by Crippen LogP contribution is 2.40. The third kappa shape index (κ3) is 3.12. The monoisotopic (exact) mass is 303 g/mol. The Morgan fingerprint density at radius 3 is 2.57 bits per heavy atom. The Bertz CT molecular complexity index is 567. The molecule has 1 aromatic carbocycles. The molecule has 1 heterocycles. The molecule has 0 saturated heterocycles. The Balaban J connectivity index is 2.52. The van der Waals surface area contributed by atoms with Gasteiger partial charge in [0.15, 0.2) is 0 Å². The van der Waals surface area contributed by atoms with Crippen molar-refractivity contribution in [2.45, 2.75) is 38.7 Å². The summed E-state index contributed by atoms with van der Waals surface area (Å²) in [5.41, 5.74) is -0.493. The number of halogens is 3. The second kappa shape index (κ2) is 4.91. The van der Waals surface area contributed by atoms with Crippen LogP contribution in [0.4, 0.5) is 18.9 Å². The van der Waals surface area contributed by atoms with Crippen molar-refractivity contribution in [2.75, 3.05) is 11.4 Å². The van der Waals surface area contributed by atoms with Crippen LogP contribution in [0.5, 0.6) is 5.75 Å². The molecular weight excluding hydrogens is 287 g/mol. The van der Waals surface area contributed by atoms with E-state index < -0.39 is 23.8 Å². The van der Waals surface area contributed by atoms with E-state index in [4.69, 9.17) is 4.74 Å². The molecule has 1 aliphatic heterocycles. The molecule has 1 amide bonds. The molecule has 1 atom stereocenters. The number of fused-ring (bicyclic) bond motifs is 1. The summed E-state index contributed by atoms with van der Waals surface area (Å²) in [6, 6.07) is 4.37. The van der Waals surface area contributed by atoms with Crippen LogP contribution in [0.3, 0.4) is 0 Å². The van der Waals surface area contributed by atoms with E-state index in [9.17, 15) is 23.1 Å². The van der Waals surface area contributed by atoms with Gasteiger partial charge in [-0.25, -0.2) is 0 Å². The summed E-state index contributed by atoms with van der Waals surface area (Å²) in [5.74, 6) is -1.75. The van der Waals surface area contributed by atoms with Crippen LogP contribution >= 0.6 is 0 Å². The van der Waals surface area contributed by atoms with E-state index >= 15 is 0 Å². The Labute approximate surface area is 120 Å². The van der Waals surface area contributed by atoms with Crippen LogP contribution < -0.4 is 9.64 Å². The Kier molecular flexibility index (Phi) is 3.65. The van der Waals surface area contributed by atoms with Gasteiger partial charge in [-0.15, -0.1) is 0 Å². The van der Waals surface area contributed by atoms with E-state index in [0.29, 0.717) is 10.5 Å². The van der Waals surface area contributed by atoms with Crippen LogP contribution in [0.1, 0.15) is 32.4 Å². The largest absolute Gasteiger partial charge is 0.484 e. The fourth-order valence-electron chi connectivity index (χ4n) is 2.22. The third-order valence-corrected chi connectivity index (χ3v) is 3.17. The number of alkyl halides is 3. The van der Waals surface area contributed by atoms with Crippen molar-refractivity contribution in [1.82, 2.24) is 0 Å². The zero-order valence-corrected chi connectivity index (χ0v) is 11.9. The number of ether oxygens (including phenoxy) is 1. The van der Waals surface area contributed by atoms with Gasteiger partial charge in [-0.3, -0.25) is 9.69 Å². The predicted octanol–water partition coefficient (Wildman–Crippen LogP) is 2.81. The lowest BCUT2D eigenvalue weighted by molar-refractivity contribution is -0.171. The average Bonchev–Trinajstić information content (AvgIpc) is 2.34. The second-order valence-corrected chi connectivity index (χ2v) is 5.65. The molecule has 0 radical (unpaired) electrons. The highest BCUT2D eigenvalue weighted by Gasteiger charge is 2.47. The summed E-state index contributed by atoms with van der Waals surface area (Å²) in [4.78, 5) is 12.3. The number of anilines is 1. The van der Waals surface area contributed by atoms with Gasteiger partial charge in [0.2, 0.25) is 0 Å². The lowest BCUT2D eigenvalue weighted by Crippen LogP contribution is -2.53. The molecule has 1 N–H and O–H groups in total. The molecule has 0 bridgehead atoms. The van der Waals surface area contributed by atoms with E-state index in [1.807, 2.05) is 0 Å². The zero-order chi connectivity index (χ0) is 16.0. The quantitative estimate of drug-likeness (QED) is 0.868. The van der Waals surface area contributed by atoms with Gasteiger partial charge < -0.3 is 9.84 Å². The number of aliphatic hydroxyl groups is 1. The molecule has 0 saturated carbocycles. The first-order valence-electron chi connectivity index (χ1n) is 6.41. The van der Waals surface area contributed by atoms with Crippen LogP contribution in [0.25, 0.3) is 0 Å². The van der Waals surface area contributed by atoms with Crippen LogP contribution in [0, 0.1) is 0 Å². The number of carbonyl (C=O) groups is 1. The molecule has 0 fully saturated rings. The number of hydrogen-bond donors (Lipinski definition) is 1. The van der Waals surface area contributed by atoms with Crippen LogP contribution in [0.2, 0.25) is 0 Å². The lowest BCUT2D eigenvalue weighted by atomic mass is 10.0. The van der Waals surface area contributed by atoms with Crippen LogP contribution in [-0.2, 0) is 4.79 Å². The van der Waals surface area contributed by atoms with Crippen molar-refractivity contribution >= 4 is 11.6 Å². The molecule has 1 aliphatic rings. The highest BCUT2D eigenvalue weighted by atomic mass is 19.4. The first kappa shape index (κ1) is 15.6. The van der Waals surface area contributed by atoms with Gasteiger partial charge >= 0.3 is 12.1 Å². The fourth-order valence-corrected chi connectivity index (χ4v) is 2.22. The van der Waals surface area contributed by atoms with Crippen molar-refractivity contribution in [1.29, 1.82) is 0 Å². The Morgan fingerprint density at radius 1 is 1.43 bits per heavy atom. The minimum absolute atomic E-state index is 0.0232. The molecule has 116 valence electrons. The molecular formula is C14H16F3NO3. The van der Waals surface area contributed by atoms with Gasteiger partial charge in [0.05, 0.1) is 18.3 Å². The first-order chi connectivity index (χ1) is 9.51. The topological polar surface area (TPSA) is 49.8 Å². The smallest absolute Gasteiger partial charge is 0.471 e. The van der Waals surface area contributed by atoms with Crippen molar-refractivity contribution in [3.05, 3.63) is 23.8 Å². The summed E-state index contributed by atoms with van der Waals surface area (Å²) in [6.45, 7) is 4.48. The van der Waals surface area contributed by atoms with Crippen molar-refractivity contribution in [2.24, 2.45) is 0 Å². The molecule has 2 rings (SSSR count). The average molecular weight is 303 g/mol. The maximum absolute atomic E-state index is 12.8. The van der Waals surface area contributed by atoms with Gasteiger partial charge in [-0.05, 0) is 38.5 Å². The molecule has 7 heteroatoms. The molecule has 4 nitrogen and oxygen atoms in total. The second-order valence-electron chi connectivity index (χ2n) is 5.65. The minimum atomic E-state index is -4.97. The van der Waals surface area contributed by atoms with Gasteiger partial charge in [0.25, 0.3) is 0 Å². The molecule has 1 unspecified atom stereocenters. The minimum Gasteiger partial charge on any atom is -0.484 e. The molecule has 1 aromatic rings. The third-order valence-electron chi connectivity index (χ3n) is 3.17. The number of nitrogens with zero attached hydrogens (tertiary/aromatic N) is 1. The van der Waals surface area contributed by atoms with Crippen LogP contribution in [-0.4, -0.2) is 29.3 Å². The molecule has 0 spiro atoms.